The third-order valence-corrected chi connectivity index (χ3v) is 3.61. The zero-order valence-electron chi connectivity index (χ0n) is 13.0. The summed E-state index contributed by atoms with van der Waals surface area (Å²) in [7, 11) is 3.06. The number of unbranched alkanes of at least 4 members (excludes halogenated alkanes) is 1. The van der Waals surface area contributed by atoms with Gasteiger partial charge in [0.1, 0.15) is 0 Å². The number of rotatable bonds is 7. The van der Waals surface area contributed by atoms with Gasteiger partial charge in [-0.3, -0.25) is 9.67 Å². The molecule has 0 saturated carbocycles. The van der Waals surface area contributed by atoms with Crippen molar-refractivity contribution in [1.82, 2.24) is 20.4 Å². The monoisotopic (exact) mass is 337 g/mol. The Bertz CT molecular complexity index is 485. The van der Waals surface area contributed by atoms with Gasteiger partial charge in [0.05, 0.1) is 0 Å². The lowest BCUT2D eigenvalue weighted by Gasteiger charge is -2.12. The maximum Gasteiger partial charge on any atom is 0.435 e. The molecule has 0 bridgehead atoms. The van der Waals surface area contributed by atoms with E-state index in [9.17, 15) is 13.2 Å². The number of thioether (sulfide) groups is 1. The van der Waals surface area contributed by atoms with Crippen LogP contribution in [0.4, 0.5) is 13.2 Å². The summed E-state index contributed by atoms with van der Waals surface area (Å²) < 4.78 is 39.7. The van der Waals surface area contributed by atoms with E-state index in [1.165, 1.54) is 17.9 Å². The van der Waals surface area contributed by atoms with Crippen LogP contribution in [-0.4, -0.2) is 41.3 Å². The lowest BCUT2D eigenvalue weighted by molar-refractivity contribution is -0.142. The van der Waals surface area contributed by atoms with E-state index < -0.39 is 11.9 Å². The van der Waals surface area contributed by atoms with Gasteiger partial charge in [-0.2, -0.15) is 30.0 Å². The van der Waals surface area contributed by atoms with E-state index in [0.717, 1.165) is 25.1 Å². The normalized spacial score (nSPS) is 12.5. The molecule has 1 aromatic heterocycles. The summed E-state index contributed by atoms with van der Waals surface area (Å²) in [5, 5.41) is 9.44. The van der Waals surface area contributed by atoms with Gasteiger partial charge >= 0.3 is 6.18 Å². The standard InChI is InChI=1S/C13H22F3N5S/c1-17-12(18-6-4-5-7-22-3)19-8-10-9-21(2)20-11(10)13(14,15)16/h9H,4-8H2,1-3H3,(H2,17,18,19). The Hall–Kier alpha value is -1.38. The summed E-state index contributed by atoms with van der Waals surface area (Å²) >= 11 is 1.79. The number of nitrogens with zero attached hydrogens (tertiary/aromatic N) is 3. The molecule has 0 spiro atoms. The Morgan fingerprint density at radius 3 is 2.68 bits per heavy atom. The molecule has 1 heterocycles. The average Bonchev–Trinajstić information content (AvgIpc) is 2.83. The highest BCUT2D eigenvalue weighted by Crippen LogP contribution is 2.30. The van der Waals surface area contributed by atoms with Crippen molar-refractivity contribution in [3.63, 3.8) is 0 Å². The SMILES string of the molecule is CN=C(NCCCCSC)NCc1cn(C)nc1C(F)(F)F. The largest absolute Gasteiger partial charge is 0.435 e. The zero-order chi connectivity index (χ0) is 16.6. The van der Waals surface area contributed by atoms with Gasteiger partial charge in [-0.25, -0.2) is 0 Å². The molecule has 22 heavy (non-hydrogen) atoms. The van der Waals surface area contributed by atoms with Crippen LogP contribution in [0.15, 0.2) is 11.2 Å². The highest BCUT2D eigenvalue weighted by Gasteiger charge is 2.36. The number of hydrogen-bond acceptors (Lipinski definition) is 3. The van der Waals surface area contributed by atoms with Gasteiger partial charge in [-0.15, -0.1) is 0 Å². The third kappa shape index (κ3) is 6.17. The Morgan fingerprint density at radius 1 is 1.36 bits per heavy atom. The number of halogens is 3. The van der Waals surface area contributed by atoms with E-state index in [1.54, 1.807) is 18.8 Å². The van der Waals surface area contributed by atoms with E-state index in [1.807, 2.05) is 0 Å². The molecular weight excluding hydrogens is 315 g/mol. The van der Waals surface area contributed by atoms with Crippen LogP contribution in [0.5, 0.6) is 0 Å². The number of aromatic nitrogens is 2. The molecule has 0 amide bonds. The summed E-state index contributed by atoms with van der Waals surface area (Å²) in [5.74, 6) is 1.58. The van der Waals surface area contributed by atoms with E-state index in [-0.39, 0.29) is 12.1 Å². The topological polar surface area (TPSA) is 54.2 Å². The molecule has 9 heteroatoms. The van der Waals surface area contributed by atoms with Crippen molar-refractivity contribution in [2.75, 3.05) is 25.6 Å². The van der Waals surface area contributed by atoms with Crippen molar-refractivity contribution < 1.29 is 13.2 Å². The van der Waals surface area contributed by atoms with Gasteiger partial charge in [0.2, 0.25) is 0 Å². The van der Waals surface area contributed by atoms with Crippen molar-refractivity contribution in [1.29, 1.82) is 0 Å². The van der Waals surface area contributed by atoms with Crippen LogP contribution >= 0.6 is 11.8 Å². The maximum atomic E-state index is 12.8. The predicted molar refractivity (Wildman–Crippen MR) is 84.0 cm³/mol. The number of alkyl halides is 3. The molecule has 126 valence electrons. The van der Waals surface area contributed by atoms with Gasteiger partial charge < -0.3 is 10.6 Å². The quantitative estimate of drug-likeness (QED) is 0.455. The summed E-state index contributed by atoms with van der Waals surface area (Å²) in [5.41, 5.74) is -0.766. The number of aliphatic imine (C=N–C) groups is 1. The van der Waals surface area contributed by atoms with E-state index >= 15 is 0 Å². The van der Waals surface area contributed by atoms with Crippen LogP contribution in [0.2, 0.25) is 0 Å². The smallest absolute Gasteiger partial charge is 0.356 e. The van der Waals surface area contributed by atoms with Crippen molar-refractivity contribution in [3.05, 3.63) is 17.5 Å². The van der Waals surface area contributed by atoms with E-state index in [4.69, 9.17) is 0 Å². The van der Waals surface area contributed by atoms with Gasteiger partial charge in [0, 0.05) is 38.9 Å². The first-order valence-corrected chi connectivity index (χ1v) is 8.31. The summed E-state index contributed by atoms with van der Waals surface area (Å²) in [6.07, 6.45) is 1.04. The average molecular weight is 337 g/mol. The van der Waals surface area contributed by atoms with Gasteiger partial charge in [0.15, 0.2) is 11.7 Å². The second-order valence-corrected chi connectivity index (χ2v) is 5.71. The minimum absolute atomic E-state index is 0.0210. The molecular formula is C13H22F3N5S. The summed E-state index contributed by atoms with van der Waals surface area (Å²) in [4.78, 5) is 4.00. The van der Waals surface area contributed by atoms with E-state index in [2.05, 4.69) is 27.0 Å². The van der Waals surface area contributed by atoms with Crippen molar-refractivity contribution in [2.45, 2.75) is 25.6 Å². The molecule has 2 N–H and O–H groups in total. The highest BCUT2D eigenvalue weighted by atomic mass is 32.2. The molecule has 0 aliphatic rings. The minimum Gasteiger partial charge on any atom is -0.356 e. The molecule has 5 nitrogen and oxygen atoms in total. The second-order valence-electron chi connectivity index (χ2n) is 4.73. The molecule has 0 saturated heterocycles. The first-order valence-electron chi connectivity index (χ1n) is 6.91. The number of hydrogen-bond donors (Lipinski definition) is 2. The lowest BCUT2D eigenvalue weighted by Crippen LogP contribution is -2.37. The van der Waals surface area contributed by atoms with Crippen molar-refractivity contribution in [3.8, 4) is 0 Å². The fraction of sp³-hybridized carbons (Fsp3) is 0.692. The van der Waals surface area contributed by atoms with Gasteiger partial charge in [0.25, 0.3) is 0 Å². The number of guanidine groups is 1. The fourth-order valence-electron chi connectivity index (χ4n) is 1.88. The second kappa shape index (κ2) is 8.92. The van der Waals surface area contributed by atoms with Gasteiger partial charge in [-0.05, 0) is 24.9 Å². The molecule has 0 aliphatic carbocycles. The van der Waals surface area contributed by atoms with E-state index in [0.29, 0.717) is 5.96 Å². The molecule has 0 unspecified atom stereocenters. The van der Waals surface area contributed by atoms with Crippen LogP contribution in [0, 0.1) is 0 Å². The Morgan fingerprint density at radius 2 is 2.09 bits per heavy atom. The molecule has 0 aromatic carbocycles. The number of nitrogens with one attached hydrogen (secondary N) is 2. The van der Waals surface area contributed by atoms with Crippen LogP contribution < -0.4 is 10.6 Å². The molecule has 1 aromatic rings. The van der Waals surface area contributed by atoms with Crippen LogP contribution in [-0.2, 0) is 19.8 Å². The highest BCUT2D eigenvalue weighted by molar-refractivity contribution is 7.98. The Labute approximate surface area is 132 Å². The van der Waals surface area contributed by atoms with Crippen LogP contribution in [0.25, 0.3) is 0 Å². The van der Waals surface area contributed by atoms with Crippen molar-refractivity contribution >= 4 is 17.7 Å². The fourth-order valence-corrected chi connectivity index (χ4v) is 2.38. The summed E-state index contributed by atoms with van der Waals surface area (Å²) in [6, 6.07) is 0. The number of aryl methyl sites for hydroxylation is 1. The van der Waals surface area contributed by atoms with Gasteiger partial charge in [-0.1, -0.05) is 0 Å². The van der Waals surface area contributed by atoms with Crippen LogP contribution in [0.1, 0.15) is 24.1 Å². The third-order valence-electron chi connectivity index (χ3n) is 2.91. The Kier molecular flexibility index (Phi) is 7.57. The predicted octanol–water partition coefficient (Wildman–Crippen LogP) is 2.25. The first kappa shape index (κ1) is 18.7. The lowest BCUT2D eigenvalue weighted by atomic mass is 10.2. The molecule has 0 radical (unpaired) electrons. The zero-order valence-corrected chi connectivity index (χ0v) is 13.8. The molecule has 0 aliphatic heterocycles. The van der Waals surface area contributed by atoms with Crippen LogP contribution in [0.3, 0.4) is 0 Å². The molecule has 1 rings (SSSR count). The summed E-state index contributed by atoms with van der Waals surface area (Å²) in [6.45, 7) is 0.757. The molecule has 0 fully saturated rings. The minimum atomic E-state index is -4.45. The molecule has 0 atom stereocenters. The van der Waals surface area contributed by atoms with Crippen molar-refractivity contribution in [2.24, 2.45) is 12.0 Å². The Balaban J connectivity index is 2.50. The maximum absolute atomic E-state index is 12.8. The first-order chi connectivity index (χ1) is 10.4.